The fourth-order valence-corrected chi connectivity index (χ4v) is 6.14. The van der Waals surface area contributed by atoms with Crippen molar-refractivity contribution in [2.75, 3.05) is 6.54 Å². The van der Waals surface area contributed by atoms with Gasteiger partial charge in [-0.25, -0.2) is 0 Å². The van der Waals surface area contributed by atoms with Gasteiger partial charge in [0.15, 0.2) is 0 Å². The van der Waals surface area contributed by atoms with Gasteiger partial charge in [-0.2, -0.15) is 0 Å². The van der Waals surface area contributed by atoms with Crippen molar-refractivity contribution in [1.29, 1.82) is 0 Å². The molecule has 0 heterocycles. The molecule has 0 aromatic rings. The Labute approximate surface area is 159 Å². The first-order chi connectivity index (χ1) is 12.5. The number of carbonyl (C=O) groups excluding carboxylic acids is 2. The standard InChI is InChI=1S/C22H38N2O2/c1-3-5-6-16(4-2)15-23-20(25)7-8-21(26)24-22-12-17-9-18(13-22)11-19(10-17)14-22/h16-19H,3-15H2,1-2H3,(H,23,25)(H,24,26)/t16-,17?,18?,19?,22?/m0/s1. The molecule has 2 N–H and O–H groups in total. The highest BCUT2D eigenvalue weighted by Crippen LogP contribution is 2.55. The van der Waals surface area contributed by atoms with E-state index in [0.717, 1.165) is 30.7 Å². The summed E-state index contributed by atoms with van der Waals surface area (Å²) in [6.45, 7) is 5.14. The molecule has 0 radical (unpaired) electrons. The van der Waals surface area contributed by atoms with Gasteiger partial charge >= 0.3 is 0 Å². The van der Waals surface area contributed by atoms with Gasteiger partial charge in [-0.05, 0) is 68.6 Å². The maximum atomic E-state index is 12.5. The van der Waals surface area contributed by atoms with Crippen LogP contribution in [0.5, 0.6) is 0 Å². The molecular formula is C22H38N2O2. The summed E-state index contributed by atoms with van der Waals surface area (Å²) in [6.07, 6.45) is 13.0. The van der Waals surface area contributed by atoms with Crippen LogP contribution in [0.25, 0.3) is 0 Å². The molecule has 4 heteroatoms. The number of unbranched alkanes of at least 4 members (excludes halogenated alkanes) is 1. The minimum absolute atomic E-state index is 0.0283. The number of amides is 2. The zero-order valence-electron chi connectivity index (χ0n) is 16.8. The van der Waals surface area contributed by atoms with Crippen molar-refractivity contribution >= 4 is 11.8 Å². The summed E-state index contributed by atoms with van der Waals surface area (Å²) in [7, 11) is 0. The van der Waals surface area contributed by atoms with E-state index < -0.39 is 0 Å². The first-order valence-electron chi connectivity index (χ1n) is 11.1. The molecule has 0 aromatic carbocycles. The summed E-state index contributed by atoms with van der Waals surface area (Å²) in [4.78, 5) is 24.6. The van der Waals surface area contributed by atoms with Gasteiger partial charge in [0.05, 0.1) is 0 Å². The molecule has 4 aliphatic carbocycles. The molecular weight excluding hydrogens is 324 g/mol. The third kappa shape index (κ3) is 5.01. The average Bonchev–Trinajstić information content (AvgIpc) is 2.58. The van der Waals surface area contributed by atoms with E-state index in [1.54, 1.807) is 0 Å². The number of hydrogen-bond donors (Lipinski definition) is 2. The predicted molar refractivity (Wildman–Crippen MR) is 105 cm³/mol. The minimum Gasteiger partial charge on any atom is -0.356 e. The number of carbonyl (C=O) groups is 2. The van der Waals surface area contributed by atoms with Gasteiger partial charge in [0.25, 0.3) is 0 Å². The summed E-state index contributed by atoms with van der Waals surface area (Å²) in [5.74, 6) is 3.18. The summed E-state index contributed by atoms with van der Waals surface area (Å²) < 4.78 is 0. The lowest BCUT2D eigenvalue weighted by Gasteiger charge is -2.56. The highest BCUT2D eigenvalue weighted by molar-refractivity contribution is 5.84. The Hall–Kier alpha value is -1.06. The minimum atomic E-state index is 0.0283. The molecule has 4 bridgehead atoms. The second kappa shape index (κ2) is 8.75. The summed E-state index contributed by atoms with van der Waals surface area (Å²) >= 11 is 0. The van der Waals surface area contributed by atoms with Gasteiger partial charge in [-0.1, -0.05) is 33.1 Å². The fourth-order valence-electron chi connectivity index (χ4n) is 6.14. The summed E-state index contributed by atoms with van der Waals surface area (Å²) in [5, 5.41) is 6.40. The van der Waals surface area contributed by atoms with E-state index in [9.17, 15) is 9.59 Å². The summed E-state index contributed by atoms with van der Waals surface area (Å²) in [6, 6.07) is 0. The lowest BCUT2D eigenvalue weighted by Crippen LogP contribution is -2.59. The van der Waals surface area contributed by atoms with Crippen LogP contribution in [0.3, 0.4) is 0 Å². The van der Waals surface area contributed by atoms with E-state index in [0.29, 0.717) is 18.8 Å². The molecule has 4 aliphatic rings. The first-order valence-corrected chi connectivity index (χ1v) is 11.1. The van der Waals surface area contributed by atoms with Crippen LogP contribution in [-0.4, -0.2) is 23.9 Å². The van der Waals surface area contributed by atoms with Crippen LogP contribution in [-0.2, 0) is 9.59 Å². The zero-order valence-corrected chi connectivity index (χ0v) is 16.8. The van der Waals surface area contributed by atoms with Gasteiger partial charge in [-0.15, -0.1) is 0 Å². The second-order valence-corrected chi connectivity index (χ2v) is 9.47. The Kier molecular flexibility index (Phi) is 6.63. The zero-order chi connectivity index (χ0) is 18.6. The van der Waals surface area contributed by atoms with E-state index in [-0.39, 0.29) is 17.4 Å². The third-order valence-corrected chi connectivity index (χ3v) is 7.15. The Morgan fingerprint density at radius 3 is 2.08 bits per heavy atom. The molecule has 1 atom stereocenters. The van der Waals surface area contributed by atoms with Crippen LogP contribution in [0, 0.1) is 23.7 Å². The topological polar surface area (TPSA) is 58.2 Å². The molecule has 4 fully saturated rings. The fraction of sp³-hybridized carbons (Fsp3) is 0.909. The number of nitrogens with one attached hydrogen (secondary N) is 2. The Balaban J connectivity index is 1.37. The van der Waals surface area contributed by atoms with E-state index >= 15 is 0 Å². The Morgan fingerprint density at radius 2 is 1.54 bits per heavy atom. The van der Waals surface area contributed by atoms with Crippen LogP contribution in [0.1, 0.15) is 90.9 Å². The molecule has 4 rings (SSSR count). The molecule has 0 spiro atoms. The smallest absolute Gasteiger partial charge is 0.220 e. The number of hydrogen-bond acceptors (Lipinski definition) is 2. The lowest BCUT2D eigenvalue weighted by atomic mass is 9.53. The quantitative estimate of drug-likeness (QED) is 0.612. The molecule has 0 aromatic heterocycles. The van der Waals surface area contributed by atoms with E-state index in [1.807, 2.05) is 0 Å². The van der Waals surface area contributed by atoms with Crippen molar-refractivity contribution in [3.05, 3.63) is 0 Å². The first kappa shape index (κ1) is 19.7. The van der Waals surface area contributed by atoms with Gasteiger partial charge < -0.3 is 10.6 Å². The SMILES string of the molecule is CCCC[C@H](CC)CNC(=O)CCC(=O)NC12CC3CC(CC(C3)C1)C2. The molecule has 4 saturated carbocycles. The highest BCUT2D eigenvalue weighted by atomic mass is 16.2. The van der Waals surface area contributed by atoms with Crippen LogP contribution in [0.15, 0.2) is 0 Å². The van der Waals surface area contributed by atoms with Crippen molar-refractivity contribution in [2.24, 2.45) is 23.7 Å². The second-order valence-electron chi connectivity index (χ2n) is 9.47. The van der Waals surface area contributed by atoms with Gasteiger partial charge in [0.2, 0.25) is 11.8 Å². The summed E-state index contributed by atoms with van der Waals surface area (Å²) in [5.41, 5.74) is 0.0652. The Bertz CT molecular complexity index is 467. The maximum absolute atomic E-state index is 12.5. The van der Waals surface area contributed by atoms with Crippen molar-refractivity contribution in [2.45, 2.75) is 96.4 Å². The lowest BCUT2D eigenvalue weighted by molar-refractivity contribution is -0.130. The molecule has 0 aliphatic heterocycles. The number of rotatable bonds is 10. The molecule has 26 heavy (non-hydrogen) atoms. The largest absolute Gasteiger partial charge is 0.356 e. The average molecular weight is 363 g/mol. The molecule has 2 amide bonds. The van der Waals surface area contributed by atoms with E-state index in [2.05, 4.69) is 24.5 Å². The maximum Gasteiger partial charge on any atom is 0.220 e. The van der Waals surface area contributed by atoms with Crippen LogP contribution >= 0.6 is 0 Å². The normalized spacial score (nSPS) is 33.1. The van der Waals surface area contributed by atoms with Crippen molar-refractivity contribution in [3.8, 4) is 0 Å². The highest BCUT2D eigenvalue weighted by Gasteiger charge is 2.51. The van der Waals surface area contributed by atoms with Crippen LogP contribution in [0.4, 0.5) is 0 Å². The van der Waals surface area contributed by atoms with Crippen molar-refractivity contribution in [3.63, 3.8) is 0 Å². The molecule has 0 saturated heterocycles. The molecule has 0 unspecified atom stereocenters. The van der Waals surface area contributed by atoms with Gasteiger partial charge in [0, 0.05) is 24.9 Å². The Morgan fingerprint density at radius 1 is 0.962 bits per heavy atom. The predicted octanol–water partition coefficient (Wildman–Crippen LogP) is 4.18. The van der Waals surface area contributed by atoms with Crippen molar-refractivity contribution in [1.82, 2.24) is 10.6 Å². The third-order valence-electron chi connectivity index (χ3n) is 7.15. The monoisotopic (exact) mass is 362 g/mol. The molecule has 4 nitrogen and oxygen atoms in total. The van der Waals surface area contributed by atoms with Gasteiger partial charge in [0.1, 0.15) is 0 Å². The van der Waals surface area contributed by atoms with Crippen LogP contribution in [0.2, 0.25) is 0 Å². The van der Waals surface area contributed by atoms with Crippen molar-refractivity contribution < 1.29 is 9.59 Å². The van der Waals surface area contributed by atoms with Crippen LogP contribution < -0.4 is 10.6 Å². The van der Waals surface area contributed by atoms with Gasteiger partial charge in [-0.3, -0.25) is 9.59 Å². The molecule has 148 valence electrons. The van der Waals surface area contributed by atoms with E-state index in [4.69, 9.17) is 0 Å². The van der Waals surface area contributed by atoms with E-state index in [1.165, 1.54) is 57.8 Å².